The van der Waals surface area contributed by atoms with Crippen LogP contribution in [0.5, 0.6) is 11.6 Å². The molecule has 0 aliphatic carbocycles. The number of ether oxygens (including phenoxy) is 2. The molecule has 0 saturated carbocycles. The van der Waals surface area contributed by atoms with Gasteiger partial charge in [-0.2, -0.15) is 4.98 Å². The highest BCUT2D eigenvalue weighted by molar-refractivity contribution is 5.37. The second-order valence-electron chi connectivity index (χ2n) is 5.44. The fourth-order valence-corrected chi connectivity index (χ4v) is 2.50. The normalized spacial score (nSPS) is 22.7. The first kappa shape index (κ1) is 17.0. The summed E-state index contributed by atoms with van der Waals surface area (Å²) in [6, 6.07) is 6.73. The predicted molar refractivity (Wildman–Crippen MR) is 83.3 cm³/mol. The van der Waals surface area contributed by atoms with Crippen molar-refractivity contribution in [1.29, 1.82) is 0 Å². The summed E-state index contributed by atoms with van der Waals surface area (Å²) in [7, 11) is 0. The first-order chi connectivity index (χ1) is 12.0. The van der Waals surface area contributed by atoms with Gasteiger partial charge >= 0.3 is 5.69 Å². The van der Waals surface area contributed by atoms with Gasteiger partial charge in [0.25, 0.3) is 5.69 Å². The van der Waals surface area contributed by atoms with Gasteiger partial charge in [-0.05, 0) is 12.1 Å². The number of non-ortho nitro benzene ring substituents is 1. The maximum absolute atomic E-state index is 12.1. The largest absolute Gasteiger partial charge is 0.439 e. The first-order valence-corrected chi connectivity index (χ1v) is 7.44. The fourth-order valence-electron chi connectivity index (χ4n) is 2.50. The van der Waals surface area contributed by atoms with Gasteiger partial charge in [-0.1, -0.05) is 0 Å². The van der Waals surface area contributed by atoms with Crippen LogP contribution < -0.4 is 10.4 Å². The SMILES string of the molecule is O=c1nc(Oc2ccc([N+](=O)[O-])cc2)ccn1[C@@H]1O[C@H](CO)C[C@H]1O. The van der Waals surface area contributed by atoms with Crippen LogP contribution in [0, 0.1) is 10.1 Å². The summed E-state index contributed by atoms with van der Waals surface area (Å²) in [5.41, 5.74) is -0.774. The molecule has 0 bridgehead atoms. The van der Waals surface area contributed by atoms with Crippen molar-refractivity contribution < 1.29 is 24.6 Å². The first-order valence-electron chi connectivity index (χ1n) is 7.44. The van der Waals surface area contributed by atoms with Gasteiger partial charge in [0.15, 0.2) is 6.23 Å². The molecule has 10 nitrogen and oxygen atoms in total. The van der Waals surface area contributed by atoms with Gasteiger partial charge in [-0.25, -0.2) is 4.79 Å². The molecule has 25 heavy (non-hydrogen) atoms. The van der Waals surface area contributed by atoms with Crippen LogP contribution in [0.2, 0.25) is 0 Å². The van der Waals surface area contributed by atoms with Crippen molar-refractivity contribution in [3.05, 3.63) is 57.1 Å². The molecular weight excluding hydrogens is 334 g/mol. The second kappa shape index (κ2) is 6.97. The topological polar surface area (TPSA) is 137 Å². The lowest BCUT2D eigenvalue weighted by atomic mass is 10.2. The Hall–Kier alpha value is -2.82. The number of rotatable bonds is 5. The van der Waals surface area contributed by atoms with E-state index in [9.17, 15) is 20.0 Å². The van der Waals surface area contributed by atoms with Gasteiger partial charge in [0.05, 0.1) is 17.6 Å². The van der Waals surface area contributed by atoms with Gasteiger partial charge in [0, 0.05) is 30.8 Å². The molecule has 10 heteroatoms. The number of nitrogens with zero attached hydrogens (tertiary/aromatic N) is 3. The van der Waals surface area contributed by atoms with Crippen LogP contribution >= 0.6 is 0 Å². The molecule has 2 heterocycles. The molecule has 1 fully saturated rings. The van der Waals surface area contributed by atoms with Crippen LogP contribution in [-0.4, -0.2) is 43.5 Å². The number of aliphatic hydroxyl groups is 2. The Morgan fingerprint density at radius 3 is 2.64 bits per heavy atom. The van der Waals surface area contributed by atoms with E-state index in [0.29, 0.717) is 0 Å². The van der Waals surface area contributed by atoms with E-state index in [2.05, 4.69) is 4.98 Å². The van der Waals surface area contributed by atoms with Crippen LogP contribution in [0.25, 0.3) is 0 Å². The summed E-state index contributed by atoms with van der Waals surface area (Å²) in [4.78, 5) is 26.0. The number of nitro groups is 1. The minimum absolute atomic E-state index is 0.00120. The maximum Gasteiger partial charge on any atom is 0.353 e. The number of hydrogen-bond donors (Lipinski definition) is 2. The summed E-state index contributed by atoms with van der Waals surface area (Å²) in [5, 5.41) is 29.6. The summed E-state index contributed by atoms with van der Waals surface area (Å²) in [5.74, 6) is 0.286. The maximum atomic E-state index is 12.1. The average Bonchev–Trinajstić information content (AvgIpc) is 2.96. The molecule has 1 aromatic carbocycles. The van der Waals surface area contributed by atoms with E-state index in [0.717, 1.165) is 4.57 Å². The lowest BCUT2D eigenvalue weighted by Gasteiger charge is -2.17. The Kier molecular flexibility index (Phi) is 4.74. The molecule has 2 aromatic rings. The van der Waals surface area contributed by atoms with Crippen molar-refractivity contribution in [3.8, 4) is 11.6 Å². The highest BCUT2D eigenvalue weighted by Crippen LogP contribution is 2.28. The third kappa shape index (κ3) is 3.65. The number of hydrogen-bond acceptors (Lipinski definition) is 8. The van der Waals surface area contributed by atoms with Gasteiger partial charge in [0.1, 0.15) is 11.9 Å². The molecule has 0 radical (unpaired) electrons. The molecule has 1 aromatic heterocycles. The zero-order valence-electron chi connectivity index (χ0n) is 12.9. The lowest BCUT2D eigenvalue weighted by Crippen LogP contribution is -2.31. The molecule has 132 valence electrons. The molecule has 0 amide bonds. The number of aromatic nitrogens is 2. The van der Waals surface area contributed by atoms with Gasteiger partial charge in [-0.15, -0.1) is 0 Å². The van der Waals surface area contributed by atoms with Gasteiger partial charge in [0.2, 0.25) is 5.88 Å². The van der Waals surface area contributed by atoms with Crippen LogP contribution in [0.3, 0.4) is 0 Å². The third-order valence-electron chi connectivity index (χ3n) is 3.72. The average molecular weight is 349 g/mol. The van der Waals surface area contributed by atoms with Crippen LogP contribution in [0.4, 0.5) is 5.69 Å². The highest BCUT2D eigenvalue weighted by atomic mass is 16.6. The molecule has 2 N–H and O–H groups in total. The van der Waals surface area contributed by atoms with E-state index >= 15 is 0 Å². The zero-order valence-corrected chi connectivity index (χ0v) is 12.9. The summed E-state index contributed by atoms with van der Waals surface area (Å²) >= 11 is 0. The van der Waals surface area contributed by atoms with Crippen molar-refractivity contribution in [2.24, 2.45) is 0 Å². The number of benzene rings is 1. The molecule has 1 saturated heterocycles. The number of nitro benzene ring substituents is 1. The Labute approximate surface area is 141 Å². The van der Waals surface area contributed by atoms with Crippen LogP contribution in [0.15, 0.2) is 41.3 Å². The molecule has 3 rings (SSSR count). The monoisotopic (exact) mass is 349 g/mol. The molecule has 1 aliphatic heterocycles. The minimum Gasteiger partial charge on any atom is -0.439 e. The van der Waals surface area contributed by atoms with Crippen LogP contribution in [-0.2, 0) is 4.74 Å². The lowest BCUT2D eigenvalue weighted by molar-refractivity contribution is -0.384. The molecule has 0 spiro atoms. The highest BCUT2D eigenvalue weighted by Gasteiger charge is 2.35. The predicted octanol–water partition coefficient (Wildman–Crippen LogP) is 0.584. The van der Waals surface area contributed by atoms with E-state index in [4.69, 9.17) is 14.6 Å². The van der Waals surface area contributed by atoms with Crippen molar-refractivity contribution in [2.45, 2.75) is 24.9 Å². The van der Waals surface area contributed by atoms with Gasteiger partial charge < -0.3 is 19.7 Å². The van der Waals surface area contributed by atoms with E-state index in [-0.39, 0.29) is 30.3 Å². The third-order valence-corrected chi connectivity index (χ3v) is 3.72. The minimum atomic E-state index is -0.932. The summed E-state index contributed by atoms with van der Waals surface area (Å²) in [6.07, 6.45) is -0.815. The Balaban J connectivity index is 1.76. The van der Waals surface area contributed by atoms with Gasteiger partial charge in [-0.3, -0.25) is 14.7 Å². The Morgan fingerprint density at radius 2 is 2.08 bits per heavy atom. The van der Waals surface area contributed by atoms with E-state index in [1.165, 1.54) is 36.5 Å². The van der Waals surface area contributed by atoms with Crippen molar-refractivity contribution in [3.63, 3.8) is 0 Å². The smallest absolute Gasteiger partial charge is 0.353 e. The van der Waals surface area contributed by atoms with Crippen molar-refractivity contribution in [1.82, 2.24) is 9.55 Å². The summed E-state index contributed by atoms with van der Waals surface area (Å²) in [6.45, 7) is -0.253. The molecule has 3 atom stereocenters. The quantitative estimate of drug-likeness (QED) is 0.591. The van der Waals surface area contributed by atoms with E-state index in [1.807, 2.05) is 0 Å². The van der Waals surface area contributed by atoms with Crippen molar-refractivity contribution in [2.75, 3.05) is 6.61 Å². The standard InChI is InChI=1S/C15H15N3O7/c19-8-11-7-12(20)14(25-11)17-6-5-13(16-15(17)21)24-10-3-1-9(2-4-10)18(22)23/h1-6,11-12,14,19-20H,7-8H2/t11-,12+,14+/m0/s1. The number of aliphatic hydroxyl groups excluding tert-OH is 2. The fraction of sp³-hybridized carbons (Fsp3) is 0.333. The molecule has 1 aliphatic rings. The Bertz CT molecular complexity index is 821. The molecule has 0 unspecified atom stereocenters. The summed E-state index contributed by atoms with van der Waals surface area (Å²) < 4.78 is 11.9. The second-order valence-corrected chi connectivity index (χ2v) is 5.44. The van der Waals surface area contributed by atoms with E-state index < -0.39 is 29.0 Å². The van der Waals surface area contributed by atoms with Crippen molar-refractivity contribution >= 4 is 5.69 Å². The zero-order chi connectivity index (χ0) is 18.0. The van der Waals surface area contributed by atoms with E-state index in [1.54, 1.807) is 0 Å². The Morgan fingerprint density at radius 1 is 1.36 bits per heavy atom. The van der Waals surface area contributed by atoms with Crippen LogP contribution in [0.1, 0.15) is 12.6 Å². The molecular formula is C15H15N3O7.